The van der Waals surface area contributed by atoms with Crippen LogP contribution >= 0.6 is 0 Å². The highest BCUT2D eigenvalue weighted by atomic mass is 16.5. The summed E-state index contributed by atoms with van der Waals surface area (Å²) in [6.07, 6.45) is 6.05. The number of carbonyl (C=O) groups excluding carboxylic acids is 1. The van der Waals surface area contributed by atoms with E-state index < -0.39 is 0 Å². The Bertz CT molecular complexity index is 479. The molecule has 0 heterocycles. The number of ether oxygens (including phenoxy) is 1. The first-order valence-corrected chi connectivity index (χ1v) is 7.39. The molecule has 110 valence electrons. The van der Waals surface area contributed by atoms with Gasteiger partial charge in [0.25, 0.3) is 0 Å². The average molecular weight is 276 g/mol. The summed E-state index contributed by atoms with van der Waals surface area (Å²) in [5, 5.41) is 3.53. The quantitative estimate of drug-likeness (QED) is 0.651. The fraction of sp³-hybridized carbons (Fsp3) is 0.562. The number of nitrogens with two attached hydrogens (primary N) is 1. The monoisotopic (exact) mass is 276 g/mol. The molecule has 0 unspecified atom stereocenters. The van der Waals surface area contributed by atoms with Gasteiger partial charge in [-0.25, -0.2) is 4.79 Å². The van der Waals surface area contributed by atoms with E-state index in [-0.39, 0.29) is 11.5 Å². The van der Waals surface area contributed by atoms with Gasteiger partial charge in [-0.15, -0.1) is 0 Å². The number of nitrogen functional groups attached to an aromatic ring is 1. The average Bonchev–Trinajstić information content (AvgIpc) is 2.42. The summed E-state index contributed by atoms with van der Waals surface area (Å²) in [6, 6.07) is 5.27. The highest BCUT2D eigenvalue weighted by molar-refractivity contribution is 5.92. The number of anilines is 2. The zero-order valence-electron chi connectivity index (χ0n) is 12.4. The number of benzene rings is 1. The molecule has 1 aliphatic carbocycles. The molecule has 20 heavy (non-hydrogen) atoms. The maximum Gasteiger partial charge on any atom is 0.338 e. The van der Waals surface area contributed by atoms with E-state index in [9.17, 15) is 4.79 Å². The summed E-state index contributed by atoms with van der Waals surface area (Å²) in [7, 11) is 0. The standard InChI is InChI=1S/C16H24N2O2/c1-3-20-15(19)12-7-8-13(17)14(11-12)18-16(2)9-5-4-6-10-16/h7-8,11,18H,3-6,9-10,17H2,1-2H3. The number of rotatable bonds is 4. The third-order valence-electron chi connectivity index (χ3n) is 3.96. The molecule has 1 aromatic carbocycles. The van der Waals surface area contributed by atoms with Crippen molar-refractivity contribution < 1.29 is 9.53 Å². The number of hydrogen-bond donors (Lipinski definition) is 2. The highest BCUT2D eigenvalue weighted by Gasteiger charge is 2.27. The lowest BCUT2D eigenvalue weighted by atomic mass is 9.83. The molecule has 0 amide bonds. The summed E-state index contributed by atoms with van der Waals surface area (Å²) in [5.41, 5.74) is 8.14. The van der Waals surface area contributed by atoms with E-state index in [1.165, 1.54) is 19.3 Å². The Balaban J connectivity index is 2.18. The van der Waals surface area contributed by atoms with Crippen LogP contribution in [0.2, 0.25) is 0 Å². The van der Waals surface area contributed by atoms with Gasteiger partial charge in [-0.1, -0.05) is 19.3 Å². The van der Waals surface area contributed by atoms with Gasteiger partial charge in [0.1, 0.15) is 0 Å². The van der Waals surface area contributed by atoms with Crippen molar-refractivity contribution in [1.82, 2.24) is 0 Å². The molecule has 2 rings (SSSR count). The van der Waals surface area contributed by atoms with Crippen LogP contribution < -0.4 is 11.1 Å². The zero-order chi connectivity index (χ0) is 14.6. The first-order valence-electron chi connectivity index (χ1n) is 7.39. The van der Waals surface area contributed by atoms with Gasteiger partial charge in [0.05, 0.1) is 23.5 Å². The van der Waals surface area contributed by atoms with Gasteiger partial charge in [0, 0.05) is 5.54 Å². The van der Waals surface area contributed by atoms with Gasteiger partial charge in [-0.2, -0.15) is 0 Å². The van der Waals surface area contributed by atoms with Crippen molar-refractivity contribution in [1.29, 1.82) is 0 Å². The van der Waals surface area contributed by atoms with Crippen LogP contribution in [0.15, 0.2) is 18.2 Å². The number of esters is 1. The summed E-state index contributed by atoms with van der Waals surface area (Å²) >= 11 is 0. The third kappa shape index (κ3) is 3.44. The Morgan fingerprint density at radius 1 is 1.35 bits per heavy atom. The molecule has 1 aromatic rings. The lowest BCUT2D eigenvalue weighted by molar-refractivity contribution is 0.0526. The molecule has 0 saturated heterocycles. The van der Waals surface area contributed by atoms with Crippen molar-refractivity contribution in [2.45, 2.75) is 51.5 Å². The second kappa shape index (κ2) is 6.16. The van der Waals surface area contributed by atoms with Crippen LogP contribution in [0.25, 0.3) is 0 Å². The van der Waals surface area contributed by atoms with Crippen LogP contribution in [0.3, 0.4) is 0 Å². The minimum absolute atomic E-state index is 0.0691. The number of hydrogen-bond acceptors (Lipinski definition) is 4. The van der Waals surface area contributed by atoms with E-state index in [0.29, 0.717) is 17.9 Å². The Hall–Kier alpha value is -1.71. The lowest BCUT2D eigenvalue weighted by Gasteiger charge is -2.36. The van der Waals surface area contributed by atoms with Crippen molar-refractivity contribution in [2.75, 3.05) is 17.7 Å². The van der Waals surface area contributed by atoms with E-state index >= 15 is 0 Å². The zero-order valence-corrected chi connectivity index (χ0v) is 12.4. The fourth-order valence-electron chi connectivity index (χ4n) is 2.79. The van der Waals surface area contributed by atoms with E-state index in [1.54, 1.807) is 25.1 Å². The Morgan fingerprint density at radius 3 is 2.70 bits per heavy atom. The fourth-order valence-corrected chi connectivity index (χ4v) is 2.79. The topological polar surface area (TPSA) is 64.3 Å². The molecule has 1 fully saturated rings. The summed E-state index contributed by atoms with van der Waals surface area (Å²) in [5.74, 6) is -0.302. The largest absolute Gasteiger partial charge is 0.462 e. The second-order valence-corrected chi connectivity index (χ2v) is 5.77. The molecule has 0 radical (unpaired) electrons. The van der Waals surface area contributed by atoms with Gasteiger partial charge in [0.2, 0.25) is 0 Å². The molecular formula is C16H24N2O2. The molecule has 4 heteroatoms. The molecule has 0 spiro atoms. The molecule has 1 aliphatic rings. The molecule has 3 N–H and O–H groups in total. The predicted molar refractivity (Wildman–Crippen MR) is 81.9 cm³/mol. The number of nitrogens with one attached hydrogen (secondary N) is 1. The van der Waals surface area contributed by atoms with Crippen LogP contribution in [0.1, 0.15) is 56.3 Å². The van der Waals surface area contributed by atoms with Crippen molar-refractivity contribution in [2.24, 2.45) is 0 Å². The molecule has 1 saturated carbocycles. The van der Waals surface area contributed by atoms with Crippen molar-refractivity contribution in [3.05, 3.63) is 23.8 Å². The Morgan fingerprint density at radius 2 is 2.05 bits per heavy atom. The second-order valence-electron chi connectivity index (χ2n) is 5.77. The molecule has 0 bridgehead atoms. The van der Waals surface area contributed by atoms with Gasteiger partial charge >= 0.3 is 5.97 Å². The Labute approximate surface area is 120 Å². The maximum absolute atomic E-state index is 11.8. The van der Waals surface area contributed by atoms with E-state index in [2.05, 4.69) is 12.2 Å². The van der Waals surface area contributed by atoms with Crippen LogP contribution in [0, 0.1) is 0 Å². The van der Waals surface area contributed by atoms with E-state index in [0.717, 1.165) is 18.5 Å². The van der Waals surface area contributed by atoms with Crippen LogP contribution in [0.4, 0.5) is 11.4 Å². The molecule has 0 aliphatic heterocycles. The maximum atomic E-state index is 11.8. The molecular weight excluding hydrogens is 252 g/mol. The first kappa shape index (κ1) is 14.7. The predicted octanol–water partition coefficient (Wildman–Crippen LogP) is 3.58. The van der Waals surface area contributed by atoms with Gasteiger partial charge in [-0.05, 0) is 44.9 Å². The minimum atomic E-state index is -0.302. The Kier molecular flexibility index (Phi) is 4.53. The molecule has 0 atom stereocenters. The number of carbonyl (C=O) groups is 1. The summed E-state index contributed by atoms with van der Waals surface area (Å²) in [6.45, 7) is 4.41. The minimum Gasteiger partial charge on any atom is -0.462 e. The molecule has 0 aromatic heterocycles. The summed E-state index contributed by atoms with van der Waals surface area (Å²) in [4.78, 5) is 11.8. The highest BCUT2D eigenvalue weighted by Crippen LogP contribution is 2.33. The van der Waals surface area contributed by atoms with Crippen molar-refractivity contribution in [3.8, 4) is 0 Å². The van der Waals surface area contributed by atoms with Crippen molar-refractivity contribution >= 4 is 17.3 Å². The van der Waals surface area contributed by atoms with E-state index in [4.69, 9.17) is 10.5 Å². The van der Waals surface area contributed by atoms with Crippen molar-refractivity contribution in [3.63, 3.8) is 0 Å². The SMILES string of the molecule is CCOC(=O)c1ccc(N)c(NC2(C)CCCCC2)c1. The van der Waals surface area contributed by atoms with Crippen LogP contribution in [-0.2, 0) is 4.74 Å². The lowest BCUT2D eigenvalue weighted by Crippen LogP contribution is -2.37. The van der Waals surface area contributed by atoms with Gasteiger partial charge in [0.15, 0.2) is 0 Å². The van der Waals surface area contributed by atoms with E-state index in [1.807, 2.05) is 0 Å². The van der Waals surface area contributed by atoms with Gasteiger partial charge in [-0.3, -0.25) is 0 Å². The summed E-state index contributed by atoms with van der Waals surface area (Å²) < 4.78 is 5.03. The smallest absolute Gasteiger partial charge is 0.338 e. The normalized spacial score (nSPS) is 17.5. The molecule has 4 nitrogen and oxygen atoms in total. The first-order chi connectivity index (χ1) is 9.54. The third-order valence-corrected chi connectivity index (χ3v) is 3.96. The van der Waals surface area contributed by atoms with Crippen LogP contribution in [-0.4, -0.2) is 18.1 Å². The van der Waals surface area contributed by atoms with Gasteiger partial charge < -0.3 is 15.8 Å². The van der Waals surface area contributed by atoms with Crippen LogP contribution in [0.5, 0.6) is 0 Å².